The first-order valence-corrected chi connectivity index (χ1v) is 5.96. The number of hydrogen-bond donors (Lipinski definition) is 1. The predicted molar refractivity (Wildman–Crippen MR) is 65.1 cm³/mol. The van der Waals surface area contributed by atoms with Crippen LogP contribution in [0.2, 0.25) is 0 Å². The third-order valence-electron chi connectivity index (χ3n) is 3.13. The van der Waals surface area contributed by atoms with E-state index in [1.165, 1.54) is 0 Å². The fourth-order valence-corrected chi connectivity index (χ4v) is 1.57. The van der Waals surface area contributed by atoms with Crippen molar-refractivity contribution >= 4 is 5.97 Å². The average Bonchev–Trinajstić information content (AvgIpc) is 2.33. The fourth-order valence-electron chi connectivity index (χ4n) is 1.57. The number of hydrogen-bond acceptors (Lipinski definition) is 3. The fraction of sp³-hybridized carbons (Fsp3) is 0.769. The molecule has 94 valence electrons. The molecule has 0 rings (SSSR count). The Kier molecular flexibility index (Phi) is 7.06. The first kappa shape index (κ1) is 15.2. The number of esters is 1. The molecule has 0 saturated carbocycles. The van der Waals surface area contributed by atoms with E-state index in [1.54, 1.807) is 13.0 Å². The summed E-state index contributed by atoms with van der Waals surface area (Å²) in [6.07, 6.45) is 4.41. The van der Waals surface area contributed by atoms with E-state index < -0.39 is 0 Å². The number of ether oxygens (including phenoxy) is 1. The number of carbonyl (C=O) groups excluding carboxylic acids is 1. The largest absolute Gasteiger partial charge is 0.462 e. The minimum absolute atomic E-state index is 0.0690. The normalized spacial score (nSPS) is 15.7. The Morgan fingerprint density at radius 2 is 2.06 bits per heavy atom. The van der Waals surface area contributed by atoms with Crippen LogP contribution in [-0.2, 0) is 9.53 Å². The summed E-state index contributed by atoms with van der Waals surface area (Å²) in [6.45, 7) is 8.00. The molecule has 0 bridgehead atoms. The molecular weight excluding hydrogens is 204 g/mol. The Balaban J connectivity index is 4.37. The molecule has 0 amide bonds. The molecule has 3 nitrogen and oxygen atoms in total. The standard InChI is InChI=1S/C13H24O3/c1-5-8-13(7-3,9-14)10-16-12(15)11(4)6-2/h6,14H,5,7-10H2,1-4H3. The lowest BCUT2D eigenvalue weighted by molar-refractivity contribution is -0.144. The summed E-state index contributed by atoms with van der Waals surface area (Å²) in [5.74, 6) is -0.287. The van der Waals surface area contributed by atoms with Gasteiger partial charge in [-0.3, -0.25) is 0 Å². The smallest absolute Gasteiger partial charge is 0.333 e. The molecule has 0 aromatic rings. The van der Waals surface area contributed by atoms with Crippen LogP contribution in [-0.4, -0.2) is 24.3 Å². The van der Waals surface area contributed by atoms with Gasteiger partial charge in [0, 0.05) is 11.0 Å². The van der Waals surface area contributed by atoms with Crippen LogP contribution in [0.4, 0.5) is 0 Å². The van der Waals surface area contributed by atoms with Gasteiger partial charge in [0.2, 0.25) is 0 Å². The Morgan fingerprint density at radius 3 is 2.44 bits per heavy atom. The molecule has 0 aliphatic heterocycles. The Bertz CT molecular complexity index is 240. The lowest BCUT2D eigenvalue weighted by Crippen LogP contribution is -2.31. The van der Waals surface area contributed by atoms with E-state index in [0.717, 1.165) is 19.3 Å². The van der Waals surface area contributed by atoms with E-state index in [0.29, 0.717) is 12.2 Å². The Hall–Kier alpha value is -0.830. The maximum absolute atomic E-state index is 11.5. The number of allylic oxidation sites excluding steroid dienone is 1. The van der Waals surface area contributed by atoms with Gasteiger partial charge in [0.15, 0.2) is 0 Å². The molecule has 3 heteroatoms. The minimum Gasteiger partial charge on any atom is -0.462 e. The van der Waals surface area contributed by atoms with Gasteiger partial charge in [-0.1, -0.05) is 26.3 Å². The summed E-state index contributed by atoms with van der Waals surface area (Å²) in [4.78, 5) is 11.5. The zero-order chi connectivity index (χ0) is 12.6. The first-order valence-electron chi connectivity index (χ1n) is 5.96. The highest BCUT2D eigenvalue weighted by Gasteiger charge is 2.28. The third kappa shape index (κ3) is 4.35. The van der Waals surface area contributed by atoms with Gasteiger partial charge in [0.05, 0.1) is 13.2 Å². The van der Waals surface area contributed by atoms with Crippen molar-refractivity contribution in [3.05, 3.63) is 11.6 Å². The SMILES string of the molecule is CC=C(C)C(=O)OCC(CC)(CO)CCC. The maximum atomic E-state index is 11.5. The van der Waals surface area contributed by atoms with Gasteiger partial charge in [0.1, 0.15) is 0 Å². The summed E-state index contributed by atoms with van der Waals surface area (Å²) >= 11 is 0. The topological polar surface area (TPSA) is 46.5 Å². The lowest BCUT2D eigenvalue weighted by atomic mass is 9.82. The predicted octanol–water partition coefficient (Wildman–Crippen LogP) is 2.68. The van der Waals surface area contributed by atoms with E-state index >= 15 is 0 Å². The molecule has 0 aromatic carbocycles. The zero-order valence-electron chi connectivity index (χ0n) is 10.9. The average molecular weight is 228 g/mol. The van der Waals surface area contributed by atoms with Gasteiger partial charge in [-0.2, -0.15) is 0 Å². The van der Waals surface area contributed by atoms with E-state index in [-0.39, 0.29) is 18.0 Å². The molecule has 1 N–H and O–H groups in total. The molecule has 0 aromatic heterocycles. The van der Waals surface area contributed by atoms with Crippen LogP contribution < -0.4 is 0 Å². The van der Waals surface area contributed by atoms with Gasteiger partial charge in [-0.05, 0) is 26.7 Å². The van der Waals surface area contributed by atoms with E-state index in [2.05, 4.69) is 6.92 Å². The molecule has 0 saturated heterocycles. The second kappa shape index (κ2) is 7.44. The summed E-state index contributed by atoms with van der Waals surface area (Å²) in [5.41, 5.74) is 0.345. The quantitative estimate of drug-likeness (QED) is 0.538. The van der Waals surface area contributed by atoms with Crippen LogP contribution in [0.1, 0.15) is 47.0 Å². The highest BCUT2D eigenvalue weighted by Crippen LogP contribution is 2.28. The van der Waals surface area contributed by atoms with E-state index in [9.17, 15) is 9.90 Å². The van der Waals surface area contributed by atoms with E-state index in [4.69, 9.17) is 4.74 Å². The van der Waals surface area contributed by atoms with Gasteiger partial charge >= 0.3 is 5.97 Å². The first-order chi connectivity index (χ1) is 7.55. The summed E-state index contributed by atoms with van der Waals surface area (Å²) in [7, 11) is 0. The maximum Gasteiger partial charge on any atom is 0.333 e. The van der Waals surface area contributed by atoms with Crippen LogP contribution in [0.3, 0.4) is 0 Å². The molecule has 0 aliphatic carbocycles. The summed E-state index contributed by atoms with van der Waals surface area (Å²) in [6, 6.07) is 0. The third-order valence-corrected chi connectivity index (χ3v) is 3.13. The van der Waals surface area contributed by atoms with Crippen LogP contribution in [0.25, 0.3) is 0 Å². The molecule has 0 aliphatic rings. The summed E-state index contributed by atoms with van der Waals surface area (Å²) < 4.78 is 5.23. The Morgan fingerprint density at radius 1 is 1.44 bits per heavy atom. The zero-order valence-corrected chi connectivity index (χ0v) is 10.9. The van der Waals surface area contributed by atoms with Crippen LogP contribution in [0.15, 0.2) is 11.6 Å². The van der Waals surface area contributed by atoms with Crippen molar-refractivity contribution in [3.8, 4) is 0 Å². The molecule has 0 spiro atoms. The van der Waals surface area contributed by atoms with Crippen molar-refractivity contribution in [2.75, 3.05) is 13.2 Å². The van der Waals surface area contributed by atoms with Crippen molar-refractivity contribution in [2.45, 2.75) is 47.0 Å². The second-order valence-corrected chi connectivity index (χ2v) is 4.31. The minimum atomic E-state index is -0.287. The van der Waals surface area contributed by atoms with Gasteiger partial charge in [-0.25, -0.2) is 4.79 Å². The highest BCUT2D eigenvalue weighted by atomic mass is 16.5. The van der Waals surface area contributed by atoms with Crippen molar-refractivity contribution in [1.82, 2.24) is 0 Å². The molecule has 0 fully saturated rings. The number of rotatable bonds is 7. The van der Waals surface area contributed by atoms with Crippen molar-refractivity contribution < 1.29 is 14.6 Å². The van der Waals surface area contributed by atoms with Gasteiger partial charge in [-0.15, -0.1) is 0 Å². The molecule has 16 heavy (non-hydrogen) atoms. The van der Waals surface area contributed by atoms with Crippen molar-refractivity contribution in [1.29, 1.82) is 0 Å². The lowest BCUT2D eigenvalue weighted by Gasteiger charge is -2.29. The van der Waals surface area contributed by atoms with Crippen LogP contribution in [0.5, 0.6) is 0 Å². The van der Waals surface area contributed by atoms with Crippen molar-refractivity contribution in [2.24, 2.45) is 5.41 Å². The summed E-state index contributed by atoms with van der Waals surface area (Å²) in [5, 5.41) is 9.41. The van der Waals surface area contributed by atoms with Crippen LogP contribution >= 0.6 is 0 Å². The monoisotopic (exact) mass is 228 g/mol. The molecular formula is C13H24O3. The van der Waals surface area contributed by atoms with Crippen LogP contribution in [0, 0.1) is 5.41 Å². The highest BCUT2D eigenvalue weighted by molar-refractivity contribution is 5.87. The number of aliphatic hydroxyl groups excluding tert-OH is 1. The number of carbonyl (C=O) groups is 1. The van der Waals surface area contributed by atoms with E-state index in [1.807, 2.05) is 13.8 Å². The molecule has 1 unspecified atom stereocenters. The second-order valence-electron chi connectivity index (χ2n) is 4.31. The van der Waals surface area contributed by atoms with Gasteiger partial charge < -0.3 is 9.84 Å². The molecule has 1 atom stereocenters. The molecule has 0 heterocycles. The van der Waals surface area contributed by atoms with Gasteiger partial charge in [0.25, 0.3) is 0 Å². The Labute approximate surface area is 98.5 Å². The van der Waals surface area contributed by atoms with Crippen molar-refractivity contribution in [3.63, 3.8) is 0 Å². The molecule has 0 radical (unpaired) electrons. The number of aliphatic hydroxyl groups is 1.